The van der Waals surface area contributed by atoms with E-state index in [1.165, 1.54) is 0 Å². The molecule has 0 bridgehead atoms. The van der Waals surface area contributed by atoms with E-state index in [1.807, 2.05) is 0 Å². The first-order valence-electron chi connectivity index (χ1n) is 3.14. The standard InChI is InChI=1S/C7H4BrF4N/c8-6-4(13)2-1-3(9)5(6)7(10,11)12/h1-2H,13H2. The molecule has 0 aliphatic rings. The Morgan fingerprint density at radius 2 is 1.77 bits per heavy atom. The average molecular weight is 258 g/mol. The molecule has 0 heterocycles. The van der Waals surface area contributed by atoms with Gasteiger partial charge in [-0.1, -0.05) is 0 Å². The number of alkyl halides is 3. The topological polar surface area (TPSA) is 26.0 Å². The zero-order valence-corrected chi connectivity index (χ0v) is 7.71. The van der Waals surface area contributed by atoms with Crippen molar-refractivity contribution in [2.24, 2.45) is 0 Å². The van der Waals surface area contributed by atoms with Crippen molar-refractivity contribution in [3.8, 4) is 0 Å². The van der Waals surface area contributed by atoms with Crippen LogP contribution in [0.15, 0.2) is 16.6 Å². The molecule has 0 fully saturated rings. The minimum absolute atomic E-state index is 0.145. The minimum Gasteiger partial charge on any atom is -0.398 e. The van der Waals surface area contributed by atoms with Gasteiger partial charge in [-0.15, -0.1) is 0 Å². The molecule has 1 rings (SSSR count). The summed E-state index contributed by atoms with van der Waals surface area (Å²) in [6.45, 7) is 0. The highest BCUT2D eigenvalue weighted by Gasteiger charge is 2.37. The number of halogens is 5. The molecule has 0 unspecified atom stereocenters. The number of hydrogen-bond donors (Lipinski definition) is 1. The summed E-state index contributed by atoms with van der Waals surface area (Å²) < 4.78 is 48.8. The Labute approximate surface area is 79.7 Å². The summed E-state index contributed by atoms with van der Waals surface area (Å²) >= 11 is 2.58. The summed E-state index contributed by atoms with van der Waals surface area (Å²) in [5.41, 5.74) is 3.66. The van der Waals surface area contributed by atoms with Crippen LogP contribution in [-0.2, 0) is 6.18 Å². The third-order valence-corrected chi connectivity index (χ3v) is 2.26. The van der Waals surface area contributed by atoms with Crippen molar-refractivity contribution < 1.29 is 17.6 Å². The molecule has 1 aromatic rings. The second-order valence-corrected chi connectivity index (χ2v) is 3.12. The number of rotatable bonds is 0. The maximum Gasteiger partial charge on any atom is 0.420 e. The van der Waals surface area contributed by atoms with Crippen LogP contribution in [0.25, 0.3) is 0 Å². The zero-order chi connectivity index (χ0) is 10.2. The van der Waals surface area contributed by atoms with Gasteiger partial charge in [0.25, 0.3) is 0 Å². The molecule has 0 amide bonds. The van der Waals surface area contributed by atoms with Gasteiger partial charge in [-0.2, -0.15) is 13.2 Å². The molecular formula is C7H4BrF4N. The second-order valence-electron chi connectivity index (χ2n) is 2.32. The lowest BCUT2D eigenvalue weighted by Gasteiger charge is -2.11. The molecule has 72 valence electrons. The van der Waals surface area contributed by atoms with E-state index in [0.717, 1.165) is 6.07 Å². The molecule has 13 heavy (non-hydrogen) atoms. The molecule has 0 radical (unpaired) electrons. The van der Waals surface area contributed by atoms with E-state index in [2.05, 4.69) is 15.9 Å². The highest BCUT2D eigenvalue weighted by Crippen LogP contribution is 2.39. The van der Waals surface area contributed by atoms with Gasteiger partial charge in [0.15, 0.2) is 0 Å². The lowest BCUT2D eigenvalue weighted by Crippen LogP contribution is -2.10. The molecule has 6 heteroatoms. The third kappa shape index (κ3) is 1.93. The lowest BCUT2D eigenvalue weighted by molar-refractivity contribution is -0.140. The van der Waals surface area contributed by atoms with Crippen LogP contribution < -0.4 is 5.73 Å². The Bertz CT molecular complexity index is 334. The minimum atomic E-state index is -4.74. The summed E-state index contributed by atoms with van der Waals surface area (Å²) in [5.74, 6) is -1.34. The van der Waals surface area contributed by atoms with E-state index >= 15 is 0 Å². The number of nitrogen functional groups attached to an aromatic ring is 1. The Morgan fingerprint density at radius 3 is 2.15 bits per heavy atom. The van der Waals surface area contributed by atoms with E-state index in [9.17, 15) is 17.6 Å². The van der Waals surface area contributed by atoms with E-state index in [4.69, 9.17) is 5.73 Å². The fourth-order valence-electron chi connectivity index (χ4n) is 0.828. The molecule has 0 atom stereocenters. The van der Waals surface area contributed by atoms with Crippen molar-refractivity contribution in [2.45, 2.75) is 6.18 Å². The van der Waals surface area contributed by atoms with Gasteiger partial charge in [-0.3, -0.25) is 0 Å². The SMILES string of the molecule is Nc1ccc(F)c(C(F)(F)F)c1Br. The fraction of sp³-hybridized carbons (Fsp3) is 0.143. The van der Waals surface area contributed by atoms with Gasteiger partial charge in [0.1, 0.15) is 11.4 Å². The molecule has 0 saturated carbocycles. The largest absolute Gasteiger partial charge is 0.420 e. The summed E-state index contributed by atoms with van der Waals surface area (Å²) in [4.78, 5) is 0. The molecule has 0 aromatic heterocycles. The number of nitrogens with two attached hydrogens (primary N) is 1. The van der Waals surface area contributed by atoms with Crippen molar-refractivity contribution >= 4 is 21.6 Å². The van der Waals surface area contributed by atoms with Crippen LogP contribution in [0.1, 0.15) is 5.56 Å². The first kappa shape index (κ1) is 10.3. The monoisotopic (exact) mass is 257 g/mol. The molecule has 2 N–H and O–H groups in total. The quantitative estimate of drug-likeness (QED) is 0.561. The van der Waals surface area contributed by atoms with Crippen LogP contribution in [0.4, 0.5) is 23.2 Å². The van der Waals surface area contributed by atoms with Gasteiger partial charge >= 0.3 is 6.18 Å². The van der Waals surface area contributed by atoms with E-state index in [-0.39, 0.29) is 5.69 Å². The van der Waals surface area contributed by atoms with Gasteiger partial charge in [0.2, 0.25) is 0 Å². The lowest BCUT2D eigenvalue weighted by atomic mass is 10.2. The van der Waals surface area contributed by atoms with Crippen LogP contribution in [-0.4, -0.2) is 0 Å². The van der Waals surface area contributed by atoms with Gasteiger partial charge in [-0.05, 0) is 28.1 Å². The predicted octanol–water partition coefficient (Wildman–Crippen LogP) is 3.19. The fourth-order valence-corrected chi connectivity index (χ4v) is 1.37. The normalized spacial score (nSPS) is 11.8. The van der Waals surface area contributed by atoms with Crippen LogP contribution >= 0.6 is 15.9 Å². The van der Waals surface area contributed by atoms with Crippen LogP contribution in [0, 0.1) is 5.82 Å². The number of anilines is 1. The molecule has 1 nitrogen and oxygen atoms in total. The maximum atomic E-state index is 12.7. The molecule has 1 aromatic carbocycles. The number of hydrogen-bond acceptors (Lipinski definition) is 1. The maximum absolute atomic E-state index is 12.7. The Kier molecular flexibility index (Phi) is 2.51. The van der Waals surface area contributed by atoms with Crippen molar-refractivity contribution in [1.29, 1.82) is 0 Å². The molecule has 0 aliphatic heterocycles. The summed E-state index contributed by atoms with van der Waals surface area (Å²) in [6.07, 6.45) is -4.74. The number of benzene rings is 1. The van der Waals surface area contributed by atoms with Gasteiger partial charge in [-0.25, -0.2) is 4.39 Å². The van der Waals surface area contributed by atoms with Crippen molar-refractivity contribution in [2.75, 3.05) is 5.73 Å². The average Bonchev–Trinajstić information content (AvgIpc) is 1.95. The molecule has 0 spiro atoms. The molecule has 0 aliphatic carbocycles. The first-order valence-corrected chi connectivity index (χ1v) is 3.94. The van der Waals surface area contributed by atoms with E-state index < -0.39 is 22.0 Å². The summed E-state index contributed by atoms with van der Waals surface area (Å²) in [6, 6.07) is 1.75. The third-order valence-electron chi connectivity index (χ3n) is 1.40. The molecular weight excluding hydrogens is 254 g/mol. The Balaban J connectivity index is 3.43. The zero-order valence-electron chi connectivity index (χ0n) is 6.12. The van der Waals surface area contributed by atoms with Crippen molar-refractivity contribution in [3.05, 3.63) is 28.0 Å². The van der Waals surface area contributed by atoms with Crippen LogP contribution in [0.3, 0.4) is 0 Å². The van der Waals surface area contributed by atoms with Crippen LogP contribution in [0.5, 0.6) is 0 Å². The summed E-state index contributed by atoms with van der Waals surface area (Å²) in [7, 11) is 0. The van der Waals surface area contributed by atoms with E-state index in [1.54, 1.807) is 0 Å². The van der Waals surface area contributed by atoms with E-state index in [0.29, 0.717) is 6.07 Å². The van der Waals surface area contributed by atoms with Crippen LogP contribution in [0.2, 0.25) is 0 Å². The smallest absolute Gasteiger partial charge is 0.398 e. The second kappa shape index (κ2) is 3.17. The summed E-state index contributed by atoms with van der Waals surface area (Å²) in [5, 5.41) is 0. The molecule has 0 saturated heterocycles. The highest BCUT2D eigenvalue weighted by atomic mass is 79.9. The predicted molar refractivity (Wildman–Crippen MR) is 43.5 cm³/mol. The Hall–Kier alpha value is -0.780. The highest BCUT2D eigenvalue weighted by molar-refractivity contribution is 9.10. The van der Waals surface area contributed by atoms with Gasteiger partial charge in [0, 0.05) is 5.69 Å². The van der Waals surface area contributed by atoms with Crippen molar-refractivity contribution in [3.63, 3.8) is 0 Å². The van der Waals surface area contributed by atoms with Gasteiger partial charge < -0.3 is 5.73 Å². The van der Waals surface area contributed by atoms with Gasteiger partial charge in [0.05, 0.1) is 4.47 Å². The Morgan fingerprint density at radius 1 is 1.23 bits per heavy atom. The first-order chi connectivity index (χ1) is 5.84. The van der Waals surface area contributed by atoms with Crippen molar-refractivity contribution in [1.82, 2.24) is 0 Å².